The van der Waals surface area contributed by atoms with E-state index in [4.69, 9.17) is 22.1 Å². The number of imide groups is 1. The summed E-state index contributed by atoms with van der Waals surface area (Å²) in [7, 11) is 1.43. The van der Waals surface area contributed by atoms with Gasteiger partial charge in [-0.1, -0.05) is 11.6 Å². The number of methoxy groups -OCH3 is 1. The summed E-state index contributed by atoms with van der Waals surface area (Å²) in [5.41, 5.74) is 6.25. The molecule has 0 aliphatic carbocycles. The van der Waals surface area contributed by atoms with Crippen molar-refractivity contribution in [1.82, 2.24) is 15.5 Å². The number of anilines is 1. The van der Waals surface area contributed by atoms with Gasteiger partial charge in [-0.15, -0.1) is 12.4 Å². The summed E-state index contributed by atoms with van der Waals surface area (Å²) in [5, 5.41) is 5.37. The maximum atomic E-state index is 12.2. The fraction of sp³-hybridized carbons (Fsp3) is 0.357. The van der Waals surface area contributed by atoms with Crippen LogP contribution in [0.4, 0.5) is 10.5 Å². The van der Waals surface area contributed by atoms with Gasteiger partial charge in [0.25, 0.3) is 5.91 Å². The molecule has 24 heavy (non-hydrogen) atoms. The van der Waals surface area contributed by atoms with E-state index in [9.17, 15) is 14.4 Å². The molecule has 132 valence electrons. The highest BCUT2D eigenvalue weighted by atomic mass is 35.5. The van der Waals surface area contributed by atoms with Crippen LogP contribution in [0.15, 0.2) is 12.1 Å². The molecule has 4 amide bonds. The summed E-state index contributed by atoms with van der Waals surface area (Å²) in [6, 6.07) is 2.50. The number of nitrogens with one attached hydrogen (secondary N) is 2. The number of rotatable bonds is 6. The normalized spacial score (nSPS) is 13.3. The lowest BCUT2D eigenvalue weighted by molar-refractivity contribution is -0.125. The monoisotopic (exact) mass is 376 g/mol. The zero-order chi connectivity index (χ0) is 17.0. The summed E-state index contributed by atoms with van der Waals surface area (Å²) in [4.78, 5) is 36.0. The van der Waals surface area contributed by atoms with E-state index in [0.29, 0.717) is 24.4 Å². The minimum Gasteiger partial charge on any atom is -0.496 e. The maximum absolute atomic E-state index is 12.2. The second-order valence-corrected chi connectivity index (χ2v) is 5.29. The molecule has 2 rings (SSSR count). The van der Waals surface area contributed by atoms with Gasteiger partial charge in [0.15, 0.2) is 0 Å². The second kappa shape index (κ2) is 8.60. The molecule has 0 bridgehead atoms. The van der Waals surface area contributed by atoms with Crippen LogP contribution in [0.2, 0.25) is 5.02 Å². The average Bonchev–Trinajstić information content (AvgIpc) is 2.84. The number of carbonyl (C=O) groups is 3. The quantitative estimate of drug-likeness (QED) is 0.389. The number of amides is 4. The smallest absolute Gasteiger partial charge is 0.324 e. The molecule has 1 fully saturated rings. The van der Waals surface area contributed by atoms with Crippen molar-refractivity contribution in [3.8, 4) is 5.75 Å². The highest BCUT2D eigenvalue weighted by Crippen LogP contribution is 2.28. The first-order valence-electron chi connectivity index (χ1n) is 6.93. The van der Waals surface area contributed by atoms with Gasteiger partial charge >= 0.3 is 6.03 Å². The Hall–Kier alpha value is -2.19. The standard InChI is InChI=1S/C14H17ClN4O4.ClH/c1-23-11-6-10(16)9(15)5-8(11)13(21)17-3-2-4-19-12(20)7-18-14(19)22;/h5-6H,2-4,7,16H2,1H3,(H,17,21)(H,18,22);1H. The molecule has 0 spiro atoms. The molecule has 0 aromatic heterocycles. The van der Waals surface area contributed by atoms with Gasteiger partial charge in [-0.05, 0) is 12.5 Å². The second-order valence-electron chi connectivity index (χ2n) is 4.89. The molecular weight excluding hydrogens is 359 g/mol. The lowest BCUT2D eigenvalue weighted by atomic mass is 10.1. The molecule has 0 unspecified atom stereocenters. The molecule has 0 radical (unpaired) electrons. The summed E-state index contributed by atoms with van der Waals surface area (Å²) < 4.78 is 5.11. The van der Waals surface area contributed by atoms with Crippen LogP contribution in [0.3, 0.4) is 0 Å². The summed E-state index contributed by atoms with van der Waals surface area (Å²) in [6.45, 7) is 0.554. The fourth-order valence-corrected chi connectivity index (χ4v) is 2.30. The number of hydrogen-bond donors (Lipinski definition) is 3. The number of ether oxygens (including phenoxy) is 1. The van der Waals surface area contributed by atoms with Crippen LogP contribution in [-0.4, -0.2) is 49.5 Å². The van der Waals surface area contributed by atoms with Crippen LogP contribution in [-0.2, 0) is 4.79 Å². The minimum atomic E-state index is -0.409. The predicted molar refractivity (Wildman–Crippen MR) is 91.7 cm³/mol. The predicted octanol–water partition coefficient (Wildman–Crippen LogP) is 1.02. The highest BCUT2D eigenvalue weighted by Gasteiger charge is 2.27. The van der Waals surface area contributed by atoms with E-state index in [1.54, 1.807) is 0 Å². The topological polar surface area (TPSA) is 114 Å². The first-order chi connectivity index (χ1) is 10.9. The highest BCUT2D eigenvalue weighted by molar-refractivity contribution is 6.33. The first-order valence-corrected chi connectivity index (χ1v) is 7.31. The van der Waals surface area contributed by atoms with Crippen molar-refractivity contribution < 1.29 is 19.1 Å². The Kier molecular flexibility index (Phi) is 7.12. The van der Waals surface area contributed by atoms with E-state index in [1.807, 2.05) is 0 Å². The van der Waals surface area contributed by atoms with E-state index in [2.05, 4.69) is 10.6 Å². The molecule has 4 N–H and O–H groups in total. The maximum Gasteiger partial charge on any atom is 0.324 e. The Labute approximate surface area is 150 Å². The Morgan fingerprint density at radius 1 is 1.46 bits per heavy atom. The van der Waals surface area contributed by atoms with Crippen molar-refractivity contribution in [1.29, 1.82) is 0 Å². The third-order valence-corrected chi connectivity index (χ3v) is 3.67. The van der Waals surface area contributed by atoms with Gasteiger partial charge in [-0.2, -0.15) is 0 Å². The number of nitrogens with two attached hydrogens (primary N) is 1. The number of benzene rings is 1. The molecule has 1 aliphatic heterocycles. The molecule has 1 aliphatic rings. The number of hydrogen-bond acceptors (Lipinski definition) is 5. The molecule has 1 aromatic carbocycles. The Balaban J connectivity index is 0.00000288. The number of urea groups is 1. The molecule has 10 heteroatoms. The molecule has 1 heterocycles. The molecular formula is C14H18Cl2N4O4. The molecule has 0 saturated carbocycles. The van der Waals surface area contributed by atoms with Crippen LogP contribution in [0, 0.1) is 0 Å². The van der Waals surface area contributed by atoms with Crippen LogP contribution >= 0.6 is 24.0 Å². The third kappa shape index (κ3) is 4.42. The average molecular weight is 377 g/mol. The number of carbonyl (C=O) groups excluding carboxylic acids is 3. The zero-order valence-electron chi connectivity index (χ0n) is 12.9. The molecule has 1 aromatic rings. The zero-order valence-corrected chi connectivity index (χ0v) is 14.5. The Morgan fingerprint density at radius 3 is 2.75 bits per heavy atom. The summed E-state index contributed by atoms with van der Waals surface area (Å²) in [6.07, 6.45) is 0.440. The van der Waals surface area contributed by atoms with Gasteiger partial charge < -0.3 is 21.1 Å². The minimum absolute atomic E-state index is 0. The lowest BCUT2D eigenvalue weighted by Gasteiger charge is -2.13. The summed E-state index contributed by atoms with van der Waals surface area (Å²) >= 11 is 5.92. The lowest BCUT2D eigenvalue weighted by Crippen LogP contribution is -2.34. The number of nitrogens with zero attached hydrogens (tertiary/aromatic N) is 1. The number of nitrogen functional groups attached to an aromatic ring is 1. The van der Waals surface area contributed by atoms with Crippen LogP contribution in [0.1, 0.15) is 16.8 Å². The van der Waals surface area contributed by atoms with Gasteiger partial charge in [0.05, 0.1) is 29.9 Å². The molecule has 0 atom stereocenters. The SMILES string of the molecule is COc1cc(N)c(Cl)cc1C(=O)NCCCN1C(=O)CNC1=O.Cl. The largest absolute Gasteiger partial charge is 0.496 e. The van der Waals surface area contributed by atoms with Crippen molar-refractivity contribution >= 4 is 47.5 Å². The van der Waals surface area contributed by atoms with Gasteiger partial charge in [-0.3, -0.25) is 14.5 Å². The number of halogens is 2. The molecule has 1 saturated heterocycles. The Morgan fingerprint density at radius 2 is 2.17 bits per heavy atom. The van der Waals surface area contributed by atoms with Crippen LogP contribution in [0.5, 0.6) is 5.75 Å². The van der Waals surface area contributed by atoms with Crippen molar-refractivity contribution in [2.75, 3.05) is 32.5 Å². The van der Waals surface area contributed by atoms with Gasteiger partial charge in [-0.25, -0.2) is 4.79 Å². The van der Waals surface area contributed by atoms with E-state index >= 15 is 0 Å². The van der Waals surface area contributed by atoms with Gasteiger partial charge in [0.2, 0.25) is 5.91 Å². The fourth-order valence-electron chi connectivity index (χ4n) is 2.13. The van der Waals surface area contributed by atoms with Crippen LogP contribution in [0.25, 0.3) is 0 Å². The van der Waals surface area contributed by atoms with Crippen molar-refractivity contribution in [3.05, 3.63) is 22.7 Å². The Bertz CT molecular complexity index is 638. The first kappa shape index (κ1) is 19.9. The van der Waals surface area contributed by atoms with Crippen molar-refractivity contribution in [2.24, 2.45) is 0 Å². The van der Waals surface area contributed by atoms with E-state index in [0.717, 1.165) is 4.90 Å². The van der Waals surface area contributed by atoms with E-state index in [-0.39, 0.29) is 47.9 Å². The van der Waals surface area contributed by atoms with Gasteiger partial charge in [0.1, 0.15) is 5.75 Å². The van der Waals surface area contributed by atoms with Crippen molar-refractivity contribution in [2.45, 2.75) is 6.42 Å². The summed E-state index contributed by atoms with van der Waals surface area (Å²) in [5.74, 6) is -0.326. The van der Waals surface area contributed by atoms with Gasteiger partial charge in [0, 0.05) is 19.2 Å². The van der Waals surface area contributed by atoms with E-state index in [1.165, 1.54) is 19.2 Å². The third-order valence-electron chi connectivity index (χ3n) is 3.34. The van der Waals surface area contributed by atoms with Crippen LogP contribution < -0.4 is 21.1 Å². The van der Waals surface area contributed by atoms with Crippen molar-refractivity contribution in [3.63, 3.8) is 0 Å². The van der Waals surface area contributed by atoms with E-state index < -0.39 is 6.03 Å². The molecule has 8 nitrogen and oxygen atoms in total.